The molecular weight excluding hydrogens is 198 g/mol. The van der Waals surface area contributed by atoms with Crippen LogP contribution in [0.2, 0.25) is 0 Å². The van der Waals surface area contributed by atoms with Crippen LogP contribution in [-0.2, 0) is 0 Å². The first-order valence-corrected chi connectivity index (χ1v) is 5.58. The summed E-state index contributed by atoms with van der Waals surface area (Å²) in [5.41, 5.74) is 1.85. The Kier molecular flexibility index (Phi) is 4.81. The second-order valence-electron chi connectivity index (χ2n) is 4.19. The fourth-order valence-corrected chi connectivity index (χ4v) is 1.44. The molecule has 1 aromatic carbocycles. The number of likely N-dealkylation sites (N-methyl/N-ethyl adjacent to an activating group) is 1. The zero-order chi connectivity index (χ0) is 12.0. The van der Waals surface area contributed by atoms with Crippen LogP contribution in [0.5, 0.6) is 0 Å². The van der Waals surface area contributed by atoms with Crippen molar-refractivity contribution in [1.29, 1.82) is 5.26 Å². The summed E-state index contributed by atoms with van der Waals surface area (Å²) in [4.78, 5) is 2.18. The first-order chi connectivity index (χ1) is 7.63. The van der Waals surface area contributed by atoms with Crippen molar-refractivity contribution in [2.24, 2.45) is 0 Å². The van der Waals surface area contributed by atoms with Gasteiger partial charge in [0.05, 0.1) is 11.6 Å². The third kappa shape index (κ3) is 3.92. The highest BCUT2D eigenvalue weighted by molar-refractivity contribution is 5.48. The van der Waals surface area contributed by atoms with Crippen LogP contribution >= 0.6 is 0 Å². The lowest BCUT2D eigenvalue weighted by molar-refractivity contribution is 0.589. The molecule has 0 spiro atoms. The number of hydrogen-bond acceptors (Lipinski definition) is 3. The minimum Gasteiger partial charge on any atom is -0.373 e. The van der Waals surface area contributed by atoms with Crippen molar-refractivity contribution in [3.8, 4) is 6.07 Å². The molecule has 16 heavy (non-hydrogen) atoms. The summed E-state index contributed by atoms with van der Waals surface area (Å²) in [6, 6.07) is 10.3. The Hall–Kier alpha value is -1.53. The fraction of sp³-hybridized carbons (Fsp3) is 0.462. The smallest absolute Gasteiger partial charge is 0.0991 e. The standard InChI is InChI=1S/C13H19N3/c1-11(2)15-8-9-16(3)13-6-4-12(10-14)5-7-13/h4-7,11,15H,8-9H2,1-3H3. The Balaban J connectivity index is 2.47. The zero-order valence-electron chi connectivity index (χ0n) is 10.2. The Labute approximate surface area is 97.7 Å². The van der Waals surface area contributed by atoms with Gasteiger partial charge in [0.25, 0.3) is 0 Å². The number of nitriles is 1. The van der Waals surface area contributed by atoms with E-state index in [4.69, 9.17) is 5.26 Å². The minimum atomic E-state index is 0.523. The average molecular weight is 217 g/mol. The lowest BCUT2D eigenvalue weighted by atomic mass is 10.2. The highest BCUT2D eigenvalue weighted by Crippen LogP contribution is 2.12. The van der Waals surface area contributed by atoms with E-state index in [0.29, 0.717) is 11.6 Å². The van der Waals surface area contributed by atoms with E-state index in [1.165, 1.54) is 0 Å². The maximum atomic E-state index is 8.70. The van der Waals surface area contributed by atoms with Crippen LogP contribution in [0.1, 0.15) is 19.4 Å². The second-order valence-corrected chi connectivity index (χ2v) is 4.19. The van der Waals surface area contributed by atoms with Gasteiger partial charge in [-0.25, -0.2) is 0 Å². The quantitative estimate of drug-likeness (QED) is 0.820. The summed E-state index contributed by atoms with van der Waals surface area (Å²) in [5.74, 6) is 0. The molecule has 0 aliphatic heterocycles. The van der Waals surface area contributed by atoms with Crippen LogP contribution in [0, 0.1) is 11.3 Å². The Morgan fingerprint density at radius 3 is 2.44 bits per heavy atom. The van der Waals surface area contributed by atoms with Crippen molar-refractivity contribution in [2.45, 2.75) is 19.9 Å². The third-order valence-electron chi connectivity index (χ3n) is 2.44. The number of anilines is 1. The van der Waals surface area contributed by atoms with Crippen LogP contribution in [0.3, 0.4) is 0 Å². The maximum absolute atomic E-state index is 8.70. The van der Waals surface area contributed by atoms with Crippen molar-refractivity contribution in [3.63, 3.8) is 0 Å². The zero-order valence-corrected chi connectivity index (χ0v) is 10.2. The van der Waals surface area contributed by atoms with Crippen molar-refractivity contribution in [1.82, 2.24) is 5.32 Å². The monoisotopic (exact) mass is 217 g/mol. The molecule has 0 unspecified atom stereocenters. The Morgan fingerprint density at radius 2 is 1.94 bits per heavy atom. The molecule has 0 fully saturated rings. The van der Waals surface area contributed by atoms with Crippen LogP contribution in [0.4, 0.5) is 5.69 Å². The average Bonchev–Trinajstić information content (AvgIpc) is 2.28. The van der Waals surface area contributed by atoms with Gasteiger partial charge in [0.15, 0.2) is 0 Å². The SMILES string of the molecule is CC(C)NCCN(C)c1ccc(C#N)cc1. The lowest BCUT2D eigenvalue weighted by Crippen LogP contribution is -2.32. The molecule has 86 valence electrons. The number of rotatable bonds is 5. The molecule has 0 heterocycles. The van der Waals surface area contributed by atoms with Gasteiger partial charge in [0.2, 0.25) is 0 Å². The van der Waals surface area contributed by atoms with E-state index in [1.807, 2.05) is 24.3 Å². The molecule has 0 bridgehead atoms. The number of hydrogen-bond donors (Lipinski definition) is 1. The minimum absolute atomic E-state index is 0.523. The first-order valence-electron chi connectivity index (χ1n) is 5.58. The topological polar surface area (TPSA) is 39.1 Å². The summed E-state index contributed by atoms with van der Waals surface area (Å²) in [7, 11) is 2.06. The first kappa shape index (κ1) is 12.5. The molecule has 0 aromatic heterocycles. The van der Waals surface area contributed by atoms with Gasteiger partial charge in [-0.3, -0.25) is 0 Å². The van der Waals surface area contributed by atoms with Crippen molar-refractivity contribution in [2.75, 3.05) is 25.0 Å². The molecule has 3 nitrogen and oxygen atoms in total. The summed E-state index contributed by atoms with van der Waals surface area (Å²) < 4.78 is 0. The van der Waals surface area contributed by atoms with E-state index in [2.05, 4.69) is 37.2 Å². The van der Waals surface area contributed by atoms with Gasteiger partial charge in [0.1, 0.15) is 0 Å². The van der Waals surface area contributed by atoms with Gasteiger partial charge in [-0.05, 0) is 24.3 Å². The van der Waals surface area contributed by atoms with E-state index >= 15 is 0 Å². The van der Waals surface area contributed by atoms with E-state index in [1.54, 1.807) is 0 Å². The number of benzene rings is 1. The van der Waals surface area contributed by atoms with Gasteiger partial charge in [-0.2, -0.15) is 5.26 Å². The summed E-state index contributed by atoms with van der Waals surface area (Å²) in [5, 5.41) is 12.1. The molecule has 1 rings (SSSR count). The van der Waals surface area contributed by atoms with Crippen LogP contribution in [0.25, 0.3) is 0 Å². The molecule has 1 aromatic rings. The summed E-state index contributed by atoms with van der Waals surface area (Å²) >= 11 is 0. The predicted molar refractivity (Wildman–Crippen MR) is 67.6 cm³/mol. The maximum Gasteiger partial charge on any atom is 0.0991 e. The van der Waals surface area contributed by atoms with Crippen LogP contribution in [0.15, 0.2) is 24.3 Å². The number of nitrogens with one attached hydrogen (secondary N) is 1. The molecule has 0 saturated heterocycles. The fourth-order valence-electron chi connectivity index (χ4n) is 1.44. The normalized spacial score (nSPS) is 10.2. The number of nitrogens with zero attached hydrogens (tertiary/aromatic N) is 2. The van der Waals surface area contributed by atoms with E-state index in [9.17, 15) is 0 Å². The van der Waals surface area contributed by atoms with Gasteiger partial charge in [-0.1, -0.05) is 13.8 Å². The van der Waals surface area contributed by atoms with E-state index in [0.717, 1.165) is 18.8 Å². The highest BCUT2D eigenvalue weighted by Gasteiger charge is 2.00. The van der Waals surface area contributed by atoms with Gasteiger partial charge in [-0.15, -0.1) is 0 Å². The predicted octanol–water partition coefficient (Wildman–Crippen LogP) is 1.99. The van der Waals surface area contributed by atoms with Gasteiger partial charge < -0.3 is 10.2 Å². The van der Waals surface area contributed by atoms with Crippen molar-refractivity contribution >= 4 is 5.69 Å². The molecule has 0 radical (unpaired) electrons. The highest BCUT2D eigenvalue weighted by atomic mass is 15.1. The molecule has 0 saturated carbocycles. The second kappa shape index (κ2) is 6.14. The molecular formula is C13H19N3. The largest absolute Gasteiger partial charge is 0.373 e. The van der Waals surface area contributed by atoms with Gasteiger partial charge in [0, 0.05) is 31.9 Å². The van der Waals surface area contributed by atoms with Crippen LogP contribution < -0.4 is 10.2 Å². The van der Waals surface area contributed by atoms with Crippen molar-refractivity contribution in [3.05, 3.63) is 29.8 Å². The van der Waals surface area contributed by atoms with E-state index < -0.39 is 0 Å². The summed E-state index contributed by atoms with van der Waals surface area (Å²) in [6.07, 6.45) is 0. The molecule has 0 aliphatic rings. The Morgan fingerprint density at radius 1 is 1.31 bits per heavy atom. The van der Waals surface area contributed by atoms with E-state index in [-0.39, 0.29) is 0 Å². The molecule has 0 amide bonds. The Bertz CT molecular complexity index is 348. The molecule has 3 heteroatoms. The van der Waals surface area contributed by atoms with Crippen LogP contribution in [-0.4, -0.2) is 26.2 Å². The van der Waals surface area contributed by atoms with Crippen molar-refractivity contribution < 1.29 is 0 Å². The third-order valence-corrected chi connectivity index (χ3v) is 2.44. The lowest BCUT2D eigenvalue weighted by Gasteiger charge is -2.20. The molecule has 0 aliphatic carbocycles. The molecule has 0 atom stereocenters. The summed E-state index contributed by atoms with van der Waals surface area (Å²) in [6.45, 7) is 6.21. The van der Waals surface area contributed by atoms with Gasteiger partial charge >= 0.3 is 0 Å². The molecule has 1 N–H and O–H groups in total.